The molecule has 0 unspecified atom stereocenters. The Labute approximate surface area is 130 Å². The molecular formula is C14H16N2O4S2. The fourth-order valence-corrected chi connectivity index (χ4v) is 3.43. The van der Waals surface area contributed by atoms with E-state index in [0.717, 1.165) is 23.3 Å². The Morgan fingerprint density at radius 2 is 1.55 bits per heavy atom. The molecule has 118 valence electrons. The fourth-order valence-electron chi connectivity index (χ4n) is 1.89. The molecule has 0 saturated carbocycles. The average Bonchev–Trinajstić information content (AvgIpc) is 2.45. The molecule has 0 fully saturated rings. The van der Waals surface area contributed by atoms with Crippen molar-refractivity contribution < 1.29 is 16.8 Å². The maximum atomic E-state index is 12.2. The van der Waals surface area contributed by atoms with E-state index in [1.807, 2.05) is 31.2 Å². The fraction of sp³-hybridized carbons (Fsp3) is 0.143. The predicted octanol–water partition coefficient (Wildman–Crippen LogP) is 1.12. The lowest BCUT2D eigenvalue weighted by Crippen LogP contribution is -2.23. The van der Waals surface area contributed by atoms with Gasteiger partial charge in [0.05, 0.1) is 9.79 Å². The molecule has 6 nitrogen and oxygen atoms in total. The molecule has 0 bridgehead atoms. The molecule has 2 aromatic carbocycles. The van der Waals surface area contributed by atoms with Crippen LogP contribution in [0.3, 0.4) is 0 Å². The minimum atomic E-state index is -3.84. The van der Waals surface area contributed by atoms with E-state index in [0.29, 0.717) is 0 Å². The molecule has 0 aliphatic rings. The van der Waals surface area contributed by atoms with Gasteiger partial charge in [-0.1, -0.05) is 29.8 Å². The third kappa shape index (κ3) is 4.14. The monoisotopic (exact) mass is 340 g/mol. The van der Waals surface area contributed by atoms with Gasteiger partial charge in [0.2, 0.25) is 20.0 Å². The van der Waals surface area contributed by atoms with Gasteiger partial charge in [0.1, 0.15) is 0 Å². The maximum Gasteiger partial charge on any atom is 0.240 e. The van der Waals surface area contributed by atoms with Gasteiger partial charge in [0.15, 0.2) is 0 Å². The average molecular weight is 340 g/mol. The standard InChI is InChI=1S/C14H16N2O4S2/c1-11-3-2-4-12(9-11)10-16-22(19,20)14-7-5-13(6-8-14)21(15,17)18/h2-9,16H,10H2,1H3,(H2,15,17,18). The Balaban J connectivity index is 2.17. The van der Waals surface area contributed by atoms with Crippen LogP contribution in [0.1, 0.15) is 11.1 Å². The van der Waals surface area contributed by atoms with Gasteiger partial charge >= 0.3 is 0 Å². The van der Waals surface area contributed by atoms with Crippen LogP contribution >= 0.6 is 0 Å². The zero-order chi connectivity index (χ0) is 16.4. The van der Waals surface area contributed by atoms with Crippen LogP contribution in [-0.4, -0.2) is 16.8 Å². The summed E-state index contributed by atoms with van der Waals surface area (Å²) in [5.41, 5.74) is 1.87. The maximum absolute atomic E-state index is 12.2. The highest BCUT2D eigenvalue weighted by molar-refractivity contribution is 7.89. The molecule has 2 rings (SSSR count). The summed E-state index contributed by atoms with van der Waals surface area (Å²) >= 11 is 0. The normalized spacial score (nSPS) is 12.3. The first-order chi connectivity index (χ1) is 10.2. The van der Waals surface area contributed by atoms with Gasteiger partial charge in [0, 0.05) is 6.54 Å². The summed E-state index contributed by atoms with van der Waals surface area (Å²) in [5, 5.41) is 4.97. The molecular weight excluding hydrogens is 324 g/mol. The van der Waals surface area contributed by atoms with E-state index >= 15 is 0 Å². The summed E-state index contributed by atoms with van der Waals surface area (Å²) in [6.45, 7) is 2.07. The van der Waals surface area contributed by atoms with Crippen LogP contribution in [-0.2, 0) is 26.6 Å². The number of rotatable bonds is 5. The van der Waals surface area contributed by atoms with Gasteiger partial charge in [-0.2, -0.15) is 0 Å². The zero-order valence-corrected chi connectivity index (χ0v) is 13.5. The Kier molecular flexibility index (Phi) is 4.66. The molecule has 0 aromatic heterocycles. The zero-order valence-electron chi connectivity index (χ0n) is 11.9. The van der Waals surface area contributed by atoms with Crippen LogP contribution in [0.4, 0.5) is 0 Å². The molecule has 0 aliphatic carbocycles. The number of aryl methyl sites for hydroxylation is 1. The van der Waals surface area contributed by atoms with Crippen LogP contribution < -0.4 is 9.86 Å². The summed E-state index contributed by atoms with van der Waals surface area (Å²) in [6.07, 6.45) is 0. The molecule has 0 saturated heterocycles. The Morgan fingerprint density at radius 1 is 0.955 bits per heavy atom. The van der Waals surface area contributed by atoms with Crippen LogP contribution in [0.25, 0.3) is 0 Å². The van der Waals surface area contributed by atoms with Crippen molar-refractivity contribution >= 4 is 20.0 Å². The lowest BCUT2D eigenvalue weighted by Gasteiger charge is -2.08. The molecule has 3 N–H and O–H groups in total. The van der Waals surface area contributed by atoms with Crippen molar-refractivity contribution in [3.05, 3.63) is 59.7 Å². The van der Waals surface area contributed by atoms with Crippen molar-refractivity contribution in [3.8, 4) is 0 Å². The summed E-state index contributed by atoms with van der Waals surface area (Å²) < 4.78 is 49.1. The summed E-state index contributed by atoms with van der Waals surface area (Å²) in [5.74, 6) is 0. The van der Waals surface area contributed by atoms with E-state index in [4.69, 9.17) is 5.14 Å². The smallest absolute Gasteiger partial charge is 0.225 e. The summed E-state index contributed by atoms with van der Waals surface area (Å²) in [4.78, 5) is -0.155. The van der Waals surface area contributed by atoms with Crippen LogP contribution in [0.5, 0.6) is 0 Å². The number of nitrogens with two attached hydrogens (primary N) is 1. The molecule has 0 spiro atoms. The number of benzene rings is 2. The second kappa shape index (κ2) is 6.17. The van der Waals surface area contributed by atoms with Crippen molar-refractivity contribution in [2.24, 2.45) is 5.14 Å². The molecule has 22 heavy (non-hydrogen) atoms. The third-order valence-corrected chi connectivity index (χ3v) is 5.36. The summed E-state index contributed by atoms with van der Waals surface area (Å²) in [7, 11) is -7.56. The predicted molar refractivity (Wildman–Crippen MR) is 83.0 cm³/mol. The SMILES string of the molecule is Cc1cccc(CNS(=O)(=O)c2ccc(S(N)(=O)=O)cc2)c1. The molecule has 0 atom stereocenters. The minimum Gasteiger partial charge on any atom is -0.225 e. The van der Waals surface area contributed by atoms with E-state index in [-0.39, 0.29) is 16.3 Å². The van der Waals surface area contributed by atoms with Crippen molar-refractivity contribution in [2.45, 2.75) is 23.3 Å². The Bertz CT molecular complexity index is 873. The van der Waals surface area contributed by atoms with Gasteiger partial charge in [-0.05, 0) is 36.8 Å². The first-order valence-corrected chi connectivity index (χ1v) is 9.39. The molecule has 2 aromatic rings. The quantitative estimate of drug-likeness (QED) is 0.850. The van der Waals surface area contributed by atoms with Crippen molar-refractivity contribution in [1.29, 1.82) is 0 Å². The molecule has 0 amide bonds. The first-order valence-electron chi connectivity index (χ1n) is 6.36. The third-order valence-electron chi connectivity index (χ3n) is 3.01. The van der Waals surface area contributed by atoms with Gasteiger partial charge in [-0.15, -0.1) is 0 Å². The molecule has 0 aliphatic heterocycles. The van der Waals surface area contributed by atoms with Crippen LogP contribution in [0, 0.1) is 6.92 Å². The Hall–Kier alpha value is -1.74. The van der Waals surface area contributed by atoms with Gasteiger partial charge < -0.3 is 0 Å². The van der Waals surface area contributed by atoms with Crippen LogP contribution in [0.15, 0.2) is 58.3 Å². The number of sulfonamides is 2. The van der Waals surface area contributed by atoms with Crippen molar-refractivity contribution in [1.82, 2.24) is 4.72 Å². The van der Waals surface area contributed by atoms with Gasteiger partial charge in [0.25, 0.3) is 0 Å². The number of primary sulfonamides is 1. The molecule has 0 heterocycles. The van der Waals surface area contributed by atoms with Crippen molar-refractivity contribution in [3.63, 3.8) is 0 Å². The Morgan fingerprint density at radius 3 is 2.09 bits per heavy atom. The van der Waals surface area contributed by atoms with E-state index in [9.17, 15) is 16.8 Å². The second-order valence-electron chi connectivity index (χ2n) is 4.83. The number of nitrogens with one attached hydrogen (secondary N) is 1. The lowest BCUT2D eigenvalue weighted by molar-refractivity contribution is 0.580. The van der Waals surface area contributed by atoms with E-state index in [1.54, 1.807) is 0 Å². The van der Waals surface area contributed by atoms with E-state index in [2.05, 4.69) is 4.72 Å². The molecule has 0 radical (unpaired) electrons. The largest absolute Gasteiger partial charge is 0.240 e. The van der Waals surface area contributed by atoms with Gasteiger partial charge in [-0.25, -0.2) is 26.7 Å². The lowest BCUT2D eigenvalue weighted by atomic mass is 10.1. The summed E-state index contributed by atoms with van der Waals surface area (Å²) in [6, 6.07) is 12.2. The van der Waals surface area contributed by atoms with Crippen molar-refractivity contribution in [2.75, 3.05) is 0 Å². The highest BCUT2D eigenvalue weighted by atomic mass is 32.2. The highest BCUT2D eigenvalue weighted by Crippen LogP contribution is 2.14. The first kappa shape index (κ1) is 16.6. The van der Waals surface area contributed by atoms with E-state index in [1.165, 1.54) is 12.1 Å². The van der Waals surface area contributed by atoms with E-state index < -0.39 is 20.0 Å². The topological polar surface area (TPSA) is 106 Å². The van der Waals surface area contributed by atoms with Gasteiger partial charge in [-0.3, -0.25) is 0 Å². The highest BCUT2D eigenvalue weighted by Gasteiger charge is 2.15. The minimum absolute atomic E-state index is 0.0208. The van der Waals surface area contributed by atoms with Crippen LogP contribution in [0.2, 0.25) is 0 Å². The molecule has 8 heteroatoms. The second-order valence-corrected chi connectivity index (χ2v) is 8.16. The number of hydrogen-bond acceptors (Lipinski definition) is 4. The number of hydrogen-bond donors (Lipinski definition) is 2.